The maximum Gasteiger partial charge on any atom is 0.221 e. The molecule has 0 unspecified atom stereocenters. The van der Waals surface area contributed by atoms with Crippen molar-refractivity contribution in [1.82, 2.24) is 20.4 Å². The number of hydrogen-bond acceptors (Lipinski definition) is 4. The Morgan fingerprint density at radius 1 is 1.45 bits per heavy atom. The molecule has 1 atom stereocenters. The molecule has 2 aromatic heterocycles. The van der Waals surface area contributed by atoms with Crippen molar-refractivity contribution in [1.29, 1.82) is 0 Å². The van der Waals surface area contributed by atoms with Crippen LogP contribution < -0.4 is 5.32 Å². The molecular formula is C14H18N4OS. The summed E-state index contributed by atoms with van der Waals surface area (Å²) < 4.78 is 0. The molecule has 0 saturated carbocycles. The average molecular weight is 290 g/mol. The van der Waals surface area contributed by atoms with Crippen molar-refractivity contribution in [2.45, 2.75) is 25.9 Å². The van der Waals surface area contributed by atoms with Crippen molar-refractivity contribution in [3.05, 3.63) is 29.3 Å². The van der Waals surface area contributed by atoms with Gasteiger partial charge in [-0.15, -0.1) is 11.3 Å². The lowest BCUT2D eigenvalue weighted by molar-refractivity contribution is -0.120. The zero-order chi connectivity index (χ0) is 13.9. The largest absolute Gasteiger partial charge is 0.355 e. The summed E-state index contributed by atoms with van der Waals surface area (Å²) in [5.74, 6) is 0.156. The Morgan fingerprint density at radius 3 is 3.15 bits per heavy atom. The van der Waals surface area contributed by atoms with Crippen LogP contribution in [0.1, 0.15) is 18.2 Å². The molecule has 2 N–H and O–H groups in total. The molecule has 3 heterocycles. The van der Waals surface area contributed by atoms with E-state index in [0.717, 1.165) is 25.3 Å². The number of thiophene rings is 1. The molecule has 0 bridgehead atoms. The summed E-state index contributed by atoms with van der Waals surface area (Å²) in [7, 11) is 0. The molecule has 3 rings (SSSR count). The van der Waals surface area contributed by atoms with Crippen molar-refractivity contribution in [3.63, 3.8) is 0 Å². The van der Waals surface area contributed by atoms with Crippen LogP contribution in [-0.2, 0) is 11.3 Å². The van der Waals surface area contributed by atoms with E-state index in [9.17, 15) is 4.79 Å². The number of nitrogens with zero attached hydrogens (tertiary/aromatic N) is 2. The Bertz CT molecular complexity index is 578. The van der Waals surface area contributed by atoms with E-state index in [4.69, 9.17) is 0 Å². The number of H-pyrrole nitrogens is 1. The molecule has 6 heteroatoms. The van der Waals surface area contributed by atoms with Crippen LogP contribution in [0.4, 0.5) is 0 Å². The number of aromatic nitrogens is 2. The molecule has 1 aliphatic heterocycles. The third-order valence-corrected chi connectivity index (χ3v) is 4.73. The van der Waals surface area contributed by atoms with Crippen LogP contribution in [0.3, 0.4) is 0 Å². The molecule has 1 fully saturated rings. The molecule has 2 aromatic rings. The molecule has 0 aromatic carbocycles. The Kier molecular flexibility index (Phi) is 3.84. The van der Waals surface area contributed by atoms with E-state index in [1.807, 2.05) is 6.07 Å². The van der Waals surface area contributed by atoms with Crippen molar-refractivity contribution in [2.24, 2.45) is 0 Å². The van der Waals surface area contributed by atoms with Gasteiger partial charge in [0.15, 0.2) is 0 Å². The zero-order valence-electron chi connectivity index (χ0n) is 11.4. The molecule has 20 heavy (non-hydrogen) atoms. The fourth-order valence-electron chi connectivity index (χ4n) is 2.38. The highest BCUT2D eigenvalue weighted by molar-refractivity contribution is 7.15. The van der Waals surface area contributed by atoms with Gasteiger partial charge < -0.3 is 5.32 Å². The number of amides is 1. The molecule has 0 radical (unpaired) electrons. The molecule has 1 aliphatic rings. The second-order valence-electron chi connectivity index (χ2n) is 5.11. The maximum absolute atomic E-state index is 11.4. The monoisotopic (exact) mass is 290 g/mol. The average Bonchev–Trinajstić information content (AvgIpc) is 3.08. The number of carbonyl (C=O) groups excluding carboxylic acids is 1. The highest BCUT2D eigenvalue weighted by Crippen LogP contribution is 2.27. The van der Waals surface area contributed by atoms with Crippen molar-refractivity contribution >= 4 is 17.2 Å². The van der Waals surface area contributed by atoms with E-state index in [1.165, 1.54) is 9.75 Å². The van der Waals surface area contributed by atoms with Gasteiger partial charge in [0, 0.05) is 43.2 Å². The van der Waals surface area contributed by atoms with E-state index in [2.05, 4.69) is 39.5 Å². The second kappa shape index (κ2) is 5.76. The SMILES string of the molecule is C[C@@H]1CNC(=O)CCN1Cc1ccc(-c2ccn[nH]2)s1. The fraction of sp³-hybridized carbons (Fsp3) is 0.429. The van der Waals surface area contributed by atoms with Crippen LogP contribution in [0.2, 0.25) is 0 Å². The van der Waals surface area contributed by atoms with Gasteiger partial charge in [0.1, 0.15) is 0 Å². The fourth-order valence-corrected chi connectivity index (χ4v) is 3.39. The Balaban J connectivity index is 1.69. The molecule has 0 spiro atoms. The number of aromatic amines is 1. The van der Waals surface area contributed by atoms with Gasteiger partial charge in [-0.3, -0.25) is 14.8 Å². The normalized spacial score (nSPS) is 20.6. The summed E-state index contributed by atoms with van der Waals surface area (Å²) >= 11 is 1.78. The summed E-state index contributed by atoms with van der Waals surface area (Å²) in [6.45, 7) is 4.62. The van der Waals surface area contributed by atoms with Crippen LogP contribution in [0.25, 0.3) is 10.6 Å². The van der Waals surface area contributed by atoms with Crippen LogP contribution in [0, 0.1) is 0 Å². The lowest BCUT2D eigenvalue weighted by Crippen LogP contribution is -2.36. The third-order valence-electron chi connectivity index (χ3n) is 3.63. The highest BCUT2D eigenvalue weighted by Gasteiger charge is 2.20. The van der Waals surface area contributed by atoms with E-state index in [-0.39, 0.29) is 5.91 Å². The number of carbonyl (C=O) groups is 1. The smallest absolute Gasteiger partial charge is 0.221 e. The second-order valence-corrected chi connectivity index (χ2v) is 6.28. The molecule has 106 valence electrons. The first-order chi connectivity index (χ1) is 9.72. The Morgan fingerprint density at radius 2 is 2.35 bits per heavy atom. The van der Waals surface area contributed by atoms with Crippen molar-refractivity contribution < 1.29 is 4.79 Å². The van der Waals surface area contributed by atoms with Crippen LogP contribution in [-0.4, -0.2) is 40.1 Å². The van der Waals surface area contributed by atoms with Crippen molar-refractivity contribution in [2.75, 3.05) is 13.1 Å². The van der Waals surface area contributed by atoms with Crippen LogP contribution in [0.15, 0.2) is 24.4 Å². The predicted molar refractivity (Wildman–Crippen MR) is 79.4 cm³/mol. The summed E-state index contributed by atoms with van der Waals surface area (Å²) in [4.78, 5) is 16.3. The molecular weight excluding hydrogens is 272 g/mol. The Hall–Kier alpha value is -1.66. The quantitative estimate of drug-likeness (QED) is 0.907. The molecule has 1 amide bonds. The molecule has 0 aliphatic carbocycles. The minimum Gasteiger partial charge on any atom is -0.355 e. The summed E-state index contributed by atoms with van der Waals surface area (Å²) in [6.07, 6.45) is 2.35. The van der Waals surface area contributed by atoms with Gasteiger partial charge in [-0.2, -0.15) is 5.10 Å². The molecule has 5 nitrogen and oxygen atoms in total. The number of nitrogens with one attached hydrogen (secondary N) is 2. The lowest BCUT2D eigenvalue weighted by Gasteiger charge is -2.25. The highest BCUT2D eigenvalue weighted by atomic mass is 32.1. The maximum atomic E-state index is 11.4. The predicted octanol–water partition coefficient (Wildman–Crippen LogP) is 1.85. The minimum atomic E-state index is 0.156. The topological polar surface area (TPSA) is 61.0 Å². The van der Waals surface area contributed by atoms with Crippen molar-refractivity contribution in [3.8, 4) is 10.6 Å². The van der Waals surface area contributed by atoms with Gasteiger partial charge in [-0.05, 0) is 25.1 Å². The van der Waals surface area contributed by atoms with Gasteiger partial charge in [-0.25, -0.2) is 0 Å². The van der Waals surface area contributed by atoms with Gasteiger partial charge in [0.05, 0.1) is 10.6 Å². The van der Waals surface area contributed by atoms with E-state index >= 15 is 0 Å². The number of hydrogen-bond donors (Lipinski definition) is 2. The van der Waals surface area contributed by atoms with Crippen LogP contribution >= 0.6 is 11.3 Å². The summed E-state index contributed by atoms with van der Waals surface area (Å²) in [6, 6.07) is 6.64. The van der Waals surface area contributed by atoms with Gasteiger partial charge >= 0.3 is 0 Å². The molecule has 1 saturated heterocycles. The van der Waals surface area contributed by atoms with Crippen LogP contribution in [0.5, 0.6) is 0 Å². The first-order valence-corrected chi connectivity index (χ1v) is 7.63. The van der Waals surface area contributed by atoms with E-state index < -0.39 is 0 Å². The van der Waals surface area contributed by atoms with E-state index in [0.29, 0.717) is 12.5 Å². The Labute approximate surface area is 122 Å². The number of rotatable bonds is 3. The minimum absolute atomic E-state index is 0.156. The third kappa shape index (κ3) is 2.91. The van der Waals surface area contributed by atoms with Gasteiger partial charge in [-0.1, -0.05) is 0 Å². The van der Waals surface area contributed by atoms with Gasteiger partial charge in [0.25, 0.3) is 0 Å². The van der Waals surface area contributed by atoms with E-state index in [1.54, 1.807) is 17.5 Å². The lowest BCUT2D eigenvalue weighted by atomic mass is 10.2. The zero-order valence-corrected chi connectivity index (χ0v) is 12.2. The first kappa shape index (κ1) is 13.3. The first-order valence-electron chi connectivity index (χ1n) is 6.81. The standard InChI is InChI=1S/C14H18N4OS/c1-10-8-15-14(19)5-7-18(10)9-11-2-3-13(20-11)12-4-6-16-17-12/h2-4,6,10H,5,7-9H2,1H3,(H,15,19)(H,16,17)/t10-/m1/s1. The van der Waals surface area contributed by atoms with Gasteiger partial charge in [0.2, 0.25) is 5.91 Å². The summed E-state index contributed by atoms with van der Waals surface area (Å²) in [5, 5.41) is 9.92. The summed E-state index contributed by atoms with van der Waals surface area (Å²) in [5.41, 5.74) is 1.06.